The zero-order chi connectivity index (χ0) is 25.1. The highest BCUT2D eigenvalue weighted by atomic mass is 16.6. The quantitative estimate of drug-likeness (QED) is 0.183. The van der Waals surface area contributed by atoms with Crippen molar-refractivity contribution in [2.75, 3.05) is 0 Å². The predicted molar refractivity (Wildman–Crippen MR) is 123 cm³/mol. The molecule has 10 heteroatoms. The molecule has 0 saturated carbocycles. The van der Waals surface area contributed by atoms with Gasteiger partial charge >= 0.3 is 5.97 Å². The molecule has 1 atom stereocenters. The standard InChI is InChI=1S/C25H19N3O7/c1-15(27-23(30)19-11-6-12-20(28(33)34)21(19)24(27)31)25(32)35-18-10-5-9-17(13-18)22(29)26-14-16-7-3-2-4-8-16/h2-13,15H,14H2,1H3,(H,26,29). The van der Waals surface area contributed by atoms with E-state index in [1.54, 1.807) is 6.07 Å². The molecule has 3 amide bonds. The lowest BCUT2D eigenvalue weighted by atomic mass is 10.1. The molecule has 1 aliphatic rings. The first kappa shape index (κ1) is 23.3. The number of nitrogens with zero attached hydrogens (tertiary/aromatic N) is 2. The zero-order valence-electron chi connectivity index (χ0n) is 18.5. The first-order valence-electron chi connectivity index (χ1n) is 10.6. The van der Waals surface area contributed by atoms with Gasteiger partial charge in [-0.05, 0) is 36.8 Å². The van der Waals surface area contributed by atoms with Gasteiger partial charge in [0, 0.05) is 18.2 Å². The van der Waals surface area contributed by atoms with Crippen molar-refractivity contribution >= 4 is 29.4 Å². The van der Waals surface area contributed by atoms with Crippen LogP contribution in [0.25, 0.3) is 0 Å². The van der Waals surface area contributed by atoms with Crippen LogP contribution in [0.1, 0.15) is 43.6 Å². The second-order valence-electron chi connectivity index (χ2n) is 7.73. The molecule has 4 rings (SSSR count). The molecule has 0 fully saturated rings. The minimum absolute atomic E-state index is 0.0387. The molecule has 0 bridgehead atoms. The van der Waals surface area contributed by atoms with Crippen LogP contribution in [0.3, 0.4) is 0 Å². The van der Waals surface area contributed by atoms with Crippen LogP contribution in [0.4, 0.5) is 5.69 Å². The van der Waals surface area contributed by atoms with Crippen LogP contribution < -0.4 is 10.1 Å². The molecule has 1 heterocycles. The molecule has 0 aromatic heterocycles. The van der Waals surface area contributed by atoms with Crippen molar-refractivity contribution in [3.8, 4) is 5.75 Å². The Hall–Kier alpha value is -4.86. The Morgan fingerprint density at radius 3 is 2.43 bits per heavy atom. The fraction of sp³-hybridized carbons (Fsp3) is 0.120. The third-order valence-corrected chi connectivity index (χ3v) is 5.46. The number of amides is 3. The van der Waals surface area contributed by atoms with Gasteiger partial charge in [-0.15, -0.1) is 0 Å². The summed E-state index contributed by atoms with van der Waals surface area (Å²) in [7, 11) is 0. The molecule has 1 N–H and O–H groups in total. The molecular weight excluding hydrogens is 454 g/mol. The van der Waals surface area contributed by atoms with Crippen LogP contribution in [0.5, 0.6) is 5.75 Å². The number of fused-ring (bicyclic) bond motifs is 1. The van der Waals surface area contributed by atoms with Crippen LogP contribution in [0.15, 0.2) is 72.8 Å². The zero-order valence-corrected chi connectivity index (χ0v) is 18.5. The number of carbonyl (C=O) groups excluding carboxylic acids is 4. The summed E-state index contributed by atoms with van der Waals surface area (Å²) in [5, 5.41) is 14.0. The van der Waals surface area contributed by atoms with Gasteiger partial charge < -0.3 is 10.1 Å². The Morgan fingerprint density at radius 1 is 1.00 bits per heavy atom. The number of carbonyl (C=O) groups is 4. The van der Waals surface area contributed by atoms with Gasteiger partial charge in [-0.25, -0.2) is 4.79 Å². The van der Waals surface area contributed by atoms with Gasteiger partial charge in [0.2, 0.25) is 0 Å². The summed E-state index contributed by atoms with van der Waals surface area (Å²) < 4.78 is 5.32. The van der Waals surface area contributed by atoms with Crippen LogP contribution in [0.2, 0.25) is 0 Å². The van der Waals surface area contributed by atoms with E-state index in [9.17, 15) is 29.3 Å². The number of nitrogens with one attached hydrogen (secondary N) is 1. The lowest BCUT2D eigenvalue weighted by Gasteiger charge is -2.20. The van der Waals surface area contributed by atoms with Crippen molar-refractivity contribution in [1.82, 2.24) is 10.2 Å². The molecule has 1 aliphatic heterocycles. The summed E-state index contributed by atoms with van der Waals surface area (Å²) in [6.07, 6.45) is 0. The molecule has 0 spiro atoms. The molecule has 1 unspecified atom stereocenters. The second kappa shape index (κ2) is 9.56. The third kappa shape index (κ3) is 4.62. The Balaban J connectivity index is 1.46. The average Bonchev–Trinajstić information content (AvgIpc) is 3.12. The van der Waals surface area contributed by atoms with E-state index in [1.807, 2.05) is 30.3 Å². The molecule has 3 aromatic rings. The van der Waals surface area contributed by atoms with Gasteiger partial charge in [-0.1, -0.05) is 42.5 Å². The fourth-order valence-corrected chi connectivity index (χ4v) is 3.68. The highest BCUT2D eigenvalue weighted by molar-refractivity contribution is 6.24. The lowest BCUT2D eigenvalue weighted by molar-refractivity contribution is -0.385. The summed E-state index contributed by atoms with van der Waals surface area (Å²) >= 11 is 0. The molecular formula is C25H19N3O7. The van der Waals surface area contributed by atoms with Crippen LogP contribution in [-0.2, 0) is 11.3 Å². The highest BCUT2D eigenvalue weighted by Crippen LogP contribution is 2.32. The van der Waals surface area contributed by atoms with E-state index < -0.39 is 34.4 Å². The Morgan fingerprint density at radius 2 is 1.71 bits per heavy atom. The minimum Gasteiger partial charge on any atom is -0.425 e. The fourth-order valence-electron chi connectivity index (χ4n) is 3.68. The van der Waals surface area contributed by atoms with Gasteiger partial charge in [-0.3, -0.25) is 29.4 Å². The summed E-state index contributed by atoms with van der Waals surface area (Å²) in [4.78, 5) is 61.9. The smallest absolute Gasteiger partial charge is 0.334 e. The summed E-state index contributed by atoms with van der Waals surface area (Å²) in [6.45, 7) is 1.60. The molecule has 176 valence electrons. The van der Waals surface area contributed by atoms with Gasteiger partial charge in [-0.2, -0.15) is 0 Å². The van der Waals surface area contributed by atoms with E-state index in [0.717, 1.165) is 11.6 Å². The summed E-state index contributed by atoms with van der Waals surface area (Å²) in [5.74, 6) is -3.06. The van der Waals surface area contributed by atoms with Gasteiger partial charge in [0.05, 0.1) is 10.5 Å². The summed E-state index contributed by atoms with van der Waals surface area (Å²) in [5.41, 5.74) is 0.131. The van der Waals surface area contributed by atoms with E-state index in [0.29, 0.717) is 11.4 Å². The van der Waals surface area contributed by atoms with E-state index in [2.05, 4.69) is 5.32 Å². The van der Waals surface area contributed by atoms with Crippen molar-refractivity contribution in [2.45, 2.75) is 19.5 Å². The van der Waals surface area contributed by atoms with Crippen molar-refractivity contribution in [3.05, 3.63) is 105 Å². The van der Waals surface area contributed by atoms with Crippen LogP contribution >= 0.6 is 0 Å². The van der Waals surface area contributed by atoms with E-state index in [4.69, 9.17) is 4.74 Å². The molecule has 3 aromatic carbocycles. The number of imide groups is 1. The number of hydrogen-bond acceptors (Lipinski definition) is 7. The Labute approximate surface area is 199 Å². The number of nitro groups is 1. The SMILES string of the molecule is CC(C(=O)Oc1cccc(C(=O)NCc2ccccc2)c1)N1C(=O)c2cccc([N+](=O)[O-])c2C1=O. The maximum atomic E-state index is 12.8. The van der Waals surface area contributed by atoms with Crippen molar-refractivity contribution in [1.29, 1.82) is 0 Å². The maximum Gasteiger partial charge on any atom is 0.334 e. The van der Waals surface area contributed by atoms with Crippen LogP contribution in [-0.4, -0.2) is 39.6 Å². The first-order chi connectivity index (χ1) is 16.8. The van der Waals surface area contributed by atoms with Crippen molar-refractivity contribution < 1.29 is 28.8 Å². The summed E-state index contributed by atoms with van der Waals surface area (Å²) in [6, 6.07) is 17.5. The predicted octanol–water partition coefficient (Wildman–Crippen LogP) is 3.11. The van der Waals surface area contributed by atoms with E-state index in [-0.39, 0.29) is 28.3 Å². The van der Waals surface area contributed by atoms with E-state index in [1.165, 1.54) is 37.3 Å². The van der Waals surface area contributed by atoms with Gasteiger partial charge in [0.25, 0.3) is 23.4 Å². The molecule has 0 radical (unpaired) electrons. The number of hydrogen-bond donors (Lipinski definition) is 1. The second-order valence-corrected chi connectivity index (χ2v) is 7.73. The first-order valence-corrected chi connectivity index (χ1v) is 10.6. The van der Waals surface area contributed by atoms with Crippen LogP contribution in [0, 0.1) is 10.1 Å². The number of ether oxygens (including phenoxy) is 1. The van der Waals surface area contributed by atoms with Gasteiger partial charge in [0.1, 0.15) is 17.4 Å². The molecule has 0 saturated heterocycles. The topological polar surface area (TPSA) is 136 Å². The molecule has 35 heavy (non-hydrogen) atoms. The highest BCUT2D eigenvalue weighted by Gasteiger charge is 2.45. The lowest BCUT2D eigenvalue weighted by Crippen LogP contribution is -2.44. The minimum atomic E-state index is -1.36. The number of nitro benzene ring substituents is 1. The largest absolute Gasteiger partial charge is 0.425 e. The van der Waals surface area contributed by atoms with Crippen molar-refractivity contribution in [2.24, 2.45) is 0 Å². The molecule has 0 aliphatic carbocycles. The third-order valence-electron chi connectivity index (χ3n) is 5.46. The molecule has 10 nitrogen and oxygen atoms in total. The normalized spacial score (nSPS) is 13.2. The number of benzene rings is 3. The number of esters is 1. The number of rotatable bonds is 7. The Bertz CT molecular complexity index is 1350. The van der Waals surface area contributed by atoms with Crippen molar-refractivity contribution in [3.63, 3.8) is 0 Å². The average molecular weight is 473 g/mol. The van der Waals surface area contributed by atoms with E-state index >= 15 is 0 Å². The monoisotopic (exact) mass is 473 g/mol. The maximum absolute atomic E-state index is 12.8. The van der Waals surface area contributed by atoms with Gasteiger partial charge in [0.15, 0.2) is 0 Å². The Kier molecular flexibility index (Phi) is 6.36.